The SMILES string of the molecule is C=C(CCCC)N1CCN(C(=C)c2ccc3c(Cl)c4c(nc3c2)CC(C#N)CC4)CC1. The van der Waals surface area contributed by atoms with Crippen molar-refractivity contribution in [1.29, 1.82) is 5.26 Å². The van der Waals surface area contributed by atoms with Crippen molar-refractivity contribution in [3.63, 3.8) is 0 Å². The number of hydrogen-bond acceptors (Lipinski definition) is 4. The molecule has 1 unspecified atom stereocenters. The lowest BCUT2D eigenvalue weighted by molar-refractivity contribution is 0.209. The summed E-state index contributed by atoms with van der Waals surface area (Å²) >= 11 is 6.74. The average molecular weight is 435 g/mol. The van der Waals surface area contributed by atoms with E-state index >= 15 is 0 Å². The average Bonchev–Trinajstić information content (AvgIpc) is 2.81. The van der Waals surface area contributed by atoms with Crippen LogP contribution in [0.4, 0.5) is 0 Å². The van der Waals surface area contributed by atoms with E-state index in [0.29, 0.717) is 6.42 Å². The number of halogens is 1. The van der Waals surface area contributed by atoms with Gasteiger partial charge in [0.25, 0.3) is 0 Å². The third-order valence-corrected chi connectivity index (χ3v) is 7.16. The highest BCUT2D eigenvalue weighted by molar-refractivity contribution is 6.36. The quantitative estimate of drug-likeness (QED) is 0.575. The van der Waals surface area contributed by atoms with Gasteiger partial charge in [0.05, 0.1) is 22.5 Å². The molecule has 0 saturated carbocycles. The molecule has 4 nitrogen and oxygen atoms in total. The first-order chi connectivity index (χ1) is 15.0. The van der Waals surface area contributed by atoms with Crippen LogP contribution in [0, 0.1) is 17.2 Å². The minimum Gasteiger partial charge on any atom is -0.372 e. The molecule has 2 heterocycles. The Morgan fingerprint density at radius 3 is 2.68 bits per heavy atom. The number of allylic oxidation sites excluding steroid dienone is 1. The van der Waals surface area contributed by atoms with Gasteiger partial charge in [0.1, 0.15) is 0 Å². The van der Waals surface area contributed by atoms with Gasteiger partial charge in [-0.3, -0.25) is 4.98 Å². The summed E-state index contributed by atoms with van der Waals surface area (Å²) in [7, 11) is 0. The number of aromatic nitrogens is 1. The van der Waals surface area contributed by atoms with E-state index in [2.05, 4.69) is 54.1 Å². The molecule has 5 heteroatoms. The Balaban J connectivity index is 1.50. The summed E-state index contributed by atoms with van der Waals surface area (Å²) in [4.78, 5) is 9.69. The van der Waals surface area contributed by atoms with Crippen molar-refractivity contribution in [2.24, 2.45) is 5.92 Å². The molecule has 31 heavy (non-hydrogen) atoms. The van der Waals surface area contributed by atoms with E-state index in [-0.39, 0.29) is 5.92 Å². The first-order valence-corrected chi connectivity index (χ1v) is 11.8. The van der Waals surface area contributed by atoms with Crippen molar-refractivity contribution in [3.8, 4) is 6.07 Å². The van der Waals surface area contributed by atoms with Crippen LogP contribution in [0.1, 0.15) is 49.4 Å². The fraction of sp³-hybridized carbons (Fsp3) is 0.462. The molecular weight excluding hydrogens is 404 g/mol. The monoisotopic (exact) mass is 434 g/mol. The fourth-order valence-corrected chi connectivity index (χ4v) is 5.06. The minimum absolute atomic E-state index is 0.0371. The van der Waals surface area contributed by atoms with E-state index in [0.717, 1.165) is 83.9 Å². The third kappa shape index (κ3) is 4.43. The van der Waals surface area contributed by atoms with E-state index < -0.39 is 0 Å². The molecule has 1 aliphatic heterocycles. The summed E-state index contributed by atoms with van der Waals surface area (Å²) in [5.74, 6) is 0.0371. The summed E-state index contributed by atoms with van der Waals surface area (Å²) in [6.07, 6.45) is 5.88. The maximum absolute atomic E-state index is 9.32. The van der Waals surface area contributed by atoms with Crippen LogP contribution >= 0.6 is 11.6 Å². The molecule has 1 fully saturated rings. The predicted molar refractivity (Wildman–Crippen MR) is 129 cm³/mol. The van der Waals surface area contributed by atoms with Crippen molar-refractivity contribution in [2.45, 2.75) is 45.4 Å². The van der Waals surface area contributed by atoms with Crippen LogP contribution in [0.2, 0.25) is 5.02 Å². The van der Waals surface area contributed by atoms with Crippen LogP contribution in [0.25, 0.3) is 16.6 Å². The topological polar surface area (TPSA) is 43.2 Å². The van der Waals surface area contributed by atoms with Gasteiger partial charge in [0, 0.05) is 55.1 Å². The minimum atomic E-state index is 0.0371. The van der Waals surface area contributed by atoms with Gasteiger partial charge in [-0.25, -0.2) is 0 Å². The molecule has 2 aliphatic rings. The molecular formula is C26H31ClN4. The van der Waals surface area contributed by atoms with Gasteiger partial charge in [-0.15, -0.1) is 0 Å². The summed E-state index contributed by atoms with van der Waals surface area (Å²) in [6, 6.07) is 8.68. The Bertz CT molecular complexity index is 1040. The third-order valence-electron chi connectivity index (χ3n) is 6.73. The second-order valence-electron chi connectivity index (χ2n) is 8.74. The van der Waals surface area contributed by atoms with Gasteiger partial charge >= 0.3 is 0 Å². The van der Waals surface area contributed by atoms with E-state index in [9.17, 15) is 5.26 Å². The lowest BCUT2D eigenvalue weighted by atomic mass is 9.87. The first-order valence-electron chi connectivity index (χ1n) is 11.4. The Morgan fingerprint density at radius 1 is 1.23 bits per heavy atom. The molecule has 1 aromatic carbocycles. The number of piperazine rings is 1. The zero-order chi connectivity index (χ0) is 22.0. The Labute approximate surface area is 190 Å². The summed E-state index contributed by atoms with van der Waals surface area (Å²) in [6.45, 7) is 14.8. The second kappa shape index (κ2) is 9.32. The summed E-state index contributed by atoms with van der Waals surface area (Å²) in [5, 5.41) is 11.1. The Morgan fingerprint density at radius 2 is 1.97 bits per heavy atom. The van der Waals surface area contributed by atoms with Crippen LogP contribution in [0.15, 0.2) is 37.1 Å². The molecule has 162 valence electrons. The van der Waals surface area contributed by atoms with Crippen LogP contribution in [0.5, 0.6) is 0 Å². The van der Waals surface area contributed by atoms with Gasteiger partial charge in [0.15, 0.2) is 0 Å². The number of rotatable bonds is 6. The maximum atomic E-state index is 9.32. The van der Waals surface area contributed by atoms with E-state index in [1.165, 1.54) is 18.5 Å². The number of nitrogens with zero attached hydrogens (tertiary/aromatic N) is 4. The van der Waals surface area contributed by atoms with Crippen molar-refractivity contribution >= 4 is 28.2 Å². The highest BCUT2D eigenvalue weighted by atomic mass is 35.5. The lowest BCUT2D eigenvalue weighted by Crippen LogP contribution is -2.44. The van der Waals surface area contributed by atoms with Gasteiger partial charge in [-0.05, 0) is 42.9 Å². The summed E-state index contributed by atoms with van der Waals surface area (Å²) in [5.41, 5.74) is 6.38. The van der Waals surface area contributed by atoms with Crippen LogP contribution in [0.3, 0.4) is 0 Å². The molecule has 0 spiro atoms. The van der Waals surface area contributed by atoms with Crippen LogP contribution < -0.4 is 0 Å². The molecule has 1 aromatic heterocycles. The number of nitriles is 1. The van der Waals surface area contributed by atoms with Crippen molar-refractivity contribution in [3.05, 3.63) is 58.9 Å². The second-order valence-corrected chi connectivity index (χ2v) is 9.12. The highest BCUT2D eigenvalue weighted by Crippen LogP contribution is 2.35. The lowest BCUT2D eigenvalue weighted by Gasteiger charge is -2.39. The van der Waals surface area contributed by atoms with Gasteiger partial charge in [-0.1, -0.05) is 50.2 Å². The highest BCUT2D eigenvalue weighted by Gasteiger charge is 2.24. The van der Waals surface area contributed by atoms with E-state index in [1.54, 1.807) is 0 Å². The molecule has 0 amide bonds. The van der Waals surface area contributed by atoms with Crippen LogP contribution in [-0.4, -0.2) is 41.0 Å². The van der Waals surface area contributed by atoms with Gasteiger partial charge < -0.3 is 9.80 Å². The van der Waals surface area contributed by atoms with Crippen molar-refractivity contribution < 1.29 is 0 Å². The molecule has 1 aliphatic carbocycles. The zero-order valence-electron chi connectivity index (χ0n) is 18.5. The molecule has 1 saturated heterocycles. The Kier molecular flexibility index (Phi) is 6.53. The number of hydrogen-bond donors (Lipinski definition) is 0. The molecule has 4 rings (SSSR count). The van der Waals surface area contributed by atoms with E-state index in [1.807, 2.05) is 0 Å². The first kappa shape index (κ1) is 21.7. The molecule has 0 bridgehead atoms. The predicted octanol–water partition coefficient (Wildman–Crippen LogP) is 5.81. The summed E-state index contributed by atoms with van der Waals surface area (Å²) < 4.78 is 0. The van der Waals surface area contributed by atoms with E-state index in [4.69, 9.17) is 16.6 Å². The van der Waals surface area contributed by atoms with Gasteiger partial charge in [0.2, 0.25) is 0 Å². The number of pyridine rings is 1. The zero-order valence-corrected chi connectivity index (χ0v) is 19.2. The van der Waals surface area contributed by atoms with Crippen molar-refractivity contribution in [2.75, 3.05) is 26.2 Å². The fourth-order valence-electron chi connectivity index (χ4n) is 4.69. The largest absolute Gasteiger partial charge is 0.372 e. The molecule has 0 N–H and O–H groups in total. The normalized spacial score (nSPS) is 18.5. The number of fused-ring (bicyclic) bond motifs is 2. The molecule has 0 radical (unpaired) electrons. The molecule has 2 aromatic rings. The van der Waals surface area contributed by atoms with Crippen LogP contribution in [-0.2, 0) is 12.8 Å². The molecule has 1 atom stereocenters. The standard InChI is InChI=1S/C26H31ClN4/c1-4-5-6-18(2)30-11-13-31(14-12-30)19(3)21-8-10-23-25(16-21)29-24-15-20(17-28)7-9-22(24)26(23)27/h8,10,16,20H,2-7,9,11-15H2,1H3. The number of unbranched alkanes of at least 4 members (excludes halogenated alkanes) is 1. The van der Waals surface area contributed by atoms with Crippen molar-refractivity contribution in [1.82, 2.24) is 14.8 Å². The maximum Gasteiger partial charge on any atom is 0.0727 e. The van der Waals surface area contributed by atoms with Gasteiger partial charge in [-0.2, -0.15) is 5.26 Å². The smallest absolute Gasteiger partial charge is 0.0727 e. The Hall–Kier alpha value is -2.51. The number of benzene rings is 1.